The first-order valence-corrected chi connectivity index (χ1v) is 8.86. The maximum Gasteiger partial charge on any atom is 0.292 e. The summed E-state index contributed by atoms with van der Waals surface area (Å²) in [5, 5.41) is 10.2. The van der Waals surface area contributed by atoms with Crippen LogP contribution < -0.4 is 10.3 Å². The Labute approximate surface area is 136 Å². The molecule has 0 bridgehead atoms. The highest BCUT2D eigenvalue weighted by molar-refractivity contribution is 7.87. The van der Waals surface area contributed by atoms with Gasteiger partial charge in [0.25, 0.3) is 16.1 Å². The lowest BCUT2D eigenvalue weighted by molar-refractivity contribution is -0.136. The van der Waals surface area contributed by atoms with E-state index in [1.807, 2.05) is 30.3 Å². The lowest BCUT2D eigenvalue weighted by Crippen LogP contribution is -2.58. The number of carbonyl (C=O) groups excluding carboxylic acids is 1. The molecule has 128 valence electrons. The standard InChI is InChI=1S/C14H22N4O4S/c1-17(11-12-7-3-2-4-8-12)23(21,22)16-18-10-6-5-9-13(18)14(19)15-20/h2-4,7-8,13,16,20H,5-6,9-11H2,1H3,(H,15,19)/t13-/m1/s1. The van der Waals surface area contributed by atoms with E-state index in [4.69, 9.17) is 5.21 Å². The van der Waals surface area contributed by atoms with E-state index in [-0.39, 0.29) is 6.54 Å². The van der Waals surface area contributed by atoms with Crippen LogP contribution >= 0.6 is 0 Å². The molecular weight excluding hydrogens is 320 g/mol. The summed E-state index contributed by atoms with van der Waals surface area (Å²) in [5.74, 6) is -0.613. The summed E-state index contributed by atoms with van der Waals surface area (Å²) in [6.45, 7) is 0.636. The van der Waals surface area contributed by atoms with Crippen molar-refractivity contribution in [3.05, 3.63) is 35.9 Å². The van der Waals surface area contributed by atoms with Crippen molar-refractivity contribution >= 4 is 16.1 Å². The Kier molecular flexibility index (Phi) is 6.08. The van der Waals surface area contributed by atoms with Gasteiger partial charge >= 0.3 is 0 Å². The first-order valence-electron chi connectivity index (χ1n) is 7.42. The van der Waals surface area contributed by atoms with E-state index in [0.717, 1.165) is 18.4 Å². The lowest BCUT2D eigenvalue weighted by atomic mass is 10.0. The fourth-order valence-corrected chi connectivity index (χ4v) is 3.50. The second-order valence-electron chi connectivity index (χ2n) is 5.52. The van der Waals surface area contributed by atoms with Gasteiger partial charge in [-0.25, -0.2) is 10.5 Å². The molecule has 1 amide bonds. The zero-order valence-corrected chi connectivity index (χ0v) is 13.8. The van der Waals surface area contributed by atoms with E-state index in [1.54, 1.807) is 5.48 Å². The van der Waals surface area contributed by atoms with Gasteiger partial charge in [-0.15, -0.1) is 4.83 Å². The molecule has 1 aromatic rings. The summed E-state index contributed by atoms with van der Waals surface area (Å²) in [7, 11) is -2.31. The van der Waals surface area contributed by atoms with Crippen molar-refractivity contribution in [1.82, 2.24) is 19.6 Å². The molecule has 1 fully saturated rings. The Morgan fingerprint density at radius 1 is 1.35 bits per heavy atom. The van der Waals surface area contributed by atoms with Gasteiger partial charge in [0.15, 0.2) is 0 Å². The third kappa shape index (κ3) is 4.72. The minimum atomic E-state index is -3.79. The average Bonchev–Trinajstić information content (AvgIpc) is 2.55. The number of amides is 1. The van der Waals surface area contributed by atoms with Gasteiger partial charge < -0.3 is 0 Å². The predicted molar refractivity (Wildman–Crippen MR) is 84.2 cm³/mol. The largest absolute Gasteiger partial charge is 0.292 e. The maximum atomic E-state index is 12.4. The highest BCUT2D eigenvalue weighted by Gasteiger charge is 2.32. The van der Waals surface area contributed by atoms with Crippen molar-refractivity contribution in [2.45, 2.75) is 31.8 Å². The van der Waals surface area contributed by atoms with Gasteiger partial charge in [0.2, 0.25) is 0 Å². The molecule has 0 spiro atoms. The quantitative estimate of drug-likeness (QED) is 0.507. The minimum absolute atomic E-state index is 0.223. The van der Waals surface area contributed by atoms with Crippen LogP contribution in [0.25, 0.3) is 0 Å². The van der Waals surface area contributed by atoms with Crippen molar-refractivity contribution < 1.29 is 18.4 Å². The van der Waals surface area contributed by atoms with Crippen molar-refractivity contribution in [3.63, 3.8) is 0 Å². The number of hydrogen-bond donors (Lipinski definition) is 3. The van der Waals surface area contributed by atoms with Gasteiger partial charge in [-0.2, -0.15) is 12.7 Å². The molecule has 2 rings (SSSR count). The highest BCUT2D eigenvalue weighted by atomic mass is 32.2. The number of rotatable bonds is 6. The molecule has 0 unspecified atom stereocenters. The number of carbonyl (C=O) groups is 1. The lowest BCUT2D eigenvalue weighted by Gasteiger charge is -2.34. The third-order valence-corrected chi connectivity index (χ3v) is 5.22. The van der Waals surface area contributed by atoms with E-state index in [2.05, 4.69) is 4.83 Å². The second-order valence-corrected chi connectivity index (χ2v) is 7.28. The van der Waals surface area contributed by atoms with Gasteiger partial charge in [0.05, 0.1) is 0 Å². The zero-order chi connectivity index (χ0) is 16.9. The summed E-state index contributed by atoms with van der Waals surface area (Å²) in [5.41, 5.74) is 2.45. The van der Waals surface area contributed by atoms with Crippen molar-refractivity contribution in [2.24, 2.45) is 0 Å². The van der Waals surface area contributed by atoms with E-state index >= 15 is 0 Å². The number of nitrogens with one attached hydrogen (secondary N) is 2. The van der Waals surface area contributed by atoms with Gasteiger partial charge in [0.1, 0.15) is 6.04 Å². The van der Waals surface area contributed by atoms with Crippen molar-refractivity contribution in [3.8, 4) is 0 Å². The first-order chi connectivity index (χ1) is 10.9. The van der Waals surface area contributed by atoms with Crippen LogP contribution in [0.5, 0.6) is 0 Å². The Bertz CT molecular complexity index is 623. The summed E-state index contributed by atoms with van der Waals surface area (Å²) in [6.07, 6.45) is 2.06. The smallest absolute Gasteiger partial charge is 0.289 e. The molecule has 1 saturated heterocycles. The van der Waals surface area contributed by atoms with E-state index in [1.165, 1.54) is 16.4 Å². The SMILES string of the molecule is CN(Cc1ccccc1)S(=O)(=O)NN1CCCC[C@@H]1C(=O)NO. The Morgan fingerprint density at radius 3 is 2.70 bits per heavy atom. The Hall–Kier alpha value is -1.52. The van der Waals surface area contributed by atoms with Crippen LogP contribution in [0.15, 0.2) is 30.3 Å². The van der Waals surface area contributed by atoms with Crippen LogP contribution in [-0.4, -0.2) is 48.5 Å². The van der Waals surface area contributed by atoms with Crippen molar-refractivity contribution in [2.75, 3.05) is 13.6 Å². The first kappa shape index (κ1) is 17.8. The zero-order valence-electron chi connectivity index (χ0n) is 13.0. The number of nitrogens with zero attached hydrogens (tertiary/aromatic N) is 2. The molecular formula is C14H22N4O4S. The van der Waals surface area contributed by atoms with Crippen molar-refractivity contribution in [1.29, 1.82) is 0 Å². The topological polar surface area (TPSA) is 102 Å². The van der Waals surface area contributed by atoms with E-state index < -0.39 is 22.2 Å². The summed E-state index contributed by atoms with van der Waals surface area (Å²) in [4.78, 5) is 14.1. The number of hydroxylamine groups is 1. The third-order valence-electron chi connectivity index (χ3n) is 3.81. The minimum Gasteiger partial charge on any atom is -0.289 e. The van der Waals surface area contributed by atoms with Crippen LogP contribution in [0.4, 0.5) is 0 Å². The molecule has 0 aliphatic carbocycles. The summed E-state index contributed by atoms with van der Waals surface area (Å²) in [6, 6.07) is 8.52. The molecule has 9 heteroatoms. The molecule has 0 aromatic heterocycles. The van der Waals surface area contributed by atoms with Crippen LogP contribution in [0.3, 0.4) is 0 Å². The molecule has 1 aliphatic heterocycles. The van der Waals surface area contributed by atoms with Gasteiger partial charge in [-0.3, -0.25) is 10.0 Å². The molecule has 3 N–H and O–H groups in total. The number of hydrazine groups is 1. The van der Waals surface area contributed by atoms with Crippen LogP contribution in [0, 0.1) is 0 Å². The van der Waals surface area contributed by atoms with E-state index in [9.17, 15) is 13.2 Å². The molecule has 1 aliphatic rings. The van der Waals surface area contributed by atoms with Gasteiger partial charge in [-0.05, 0) is 24.8 Å². The molecule has 1 aromatic carbocycles. The molecule has 0 saturated carbocycles. The fourth-order valence-electron chi connectivity index (χ4n) is 2.53. The molecule has 8 nitrogen and oxygen atoms in total. The predicted octanol–water partition coefficient (Wildman–Crippen LogP) is 0.228. The van der Waals surface area contributed by atoms with Gasteiger partial charge in [0, 0.05) is 20.1 Å². The number of hydrogen-bond acceptors (Lipinski definition) is 5. The molecule has 23 heavy (non-hydrogen) atoms. The highest BCUT2D eigenvalue weighted by Crippen LogP contribution is 2.16. The molecule has 0 radical (unpaired) electrons. The monoisotopic (exact) mass is 342 g/mol. The van der Waals surface area contributed by atoms with Gasteiger partial charge in [-0.1, -0.05) is 30.3 Å². The number of benzene rings is 1. The van der Waals surface area contributed by atoms with Crippen LogP contribution in [-0.2, 0) is 21.5 Å². The molecule has 1 heterocycles. The van der Waals surface area contributed by atoms with Crippen LogP contribution in [0.1, 0.15) is 24.8 Å². The number of piperidine rings is 1. The summed E-state index contributed by atoms with van der Waals surface area (Å²) >= 11 is 0. The Morgan fingerprint density at radius 2 is 2.04 bits per heavy atom. The average molecular weight is 342 g/mol. The summed E-state index contributed by atoms with van der Waals surface area (Å²) < 4.78 is 26.1. The second kappa shape index (κ2) is 7.84. The van der Waals surface area contributed by atoms with Crippen LogP contribution in [0.2, 0.25) is 0 Å². The molecule has 1 atom stereocenters. The Balaban J connectivity index is 2.05. The normalized spacial score (nSPS) is 19.7. The maximum absolute atomic E-state index is 12.4. The van der Waals surface area contributed by atoms with E-state index in [0.29, 0.717) is 13.0 Å². The fraction of sp³-hybridized carbons (Fsp3) is 0.500.